The van der Waals surface area contributed by atoms with Crippen LogP contribution in [0.3, 0.4) is 0 Å². The van der Waals surface area contributed by atoms with Crippen molar-refractivity contribution in [3.05, 3.63) is 27.8 Å². The minimum Gasteiger partial charge on any atom is -0.324 e. The van der Waals surface area contributed by atoms with E-state index in [0.29, 0.717) is 12.6 Å². The zero-order valence-electron chi connectivity index (χ0n) is 11.2. The van der Waals surface area contributed by atoms with Gasteiger partial charge in [-0.3, -0.25) is 9.69 Å². The van der Waals surface area contributed by atoms with Crippen molar-refractivity contribution in [3.8, 4) is 0 Å². The molecule has 19 heavy (non-hydrogen) atoms. The molecule has 0 bridgehead atoms. The van der Waals surface area contributed by atoms with Gasteiger partial charge in [-0.1, -0.05) is 12.1 Å². The first kappa shape index (κ1) is 14.7. The molecule has 0 aromatic heterocycles. The molecule has 1 saturated heterocycles. The summed E-state index contributed by atoms with van der Waals surface area (Å²) in [5.74, 6) is 0.0702. The van der Waals surface area contributed by atoms with Crippen molar-refractivity contribution in [3.63, 3.8) is 0 Å². The van der Waals surface area contributed by atoms with E-state index >= 15 is 0 Å². The van der Waals surface area contributed by atoms with Crippen LogP contribution in [0, 0.1) is 3.57 Å². The number of carbonyl (C=O) groups excluding carboxylic acids is 1. The summed E-state index contributed by atoms with van der Waals surface area (Å²) in [6.45, 7) is 2.44. The first-order valence-corrected chi connectivity index (χ1v) is 7.71. The monoisotopic (exact) mass is 373 g/mol. The van der Waals surface area contributed by atoms with E-state index in [4.69, 9.17) is 0 Å². The molecule has 2 N–H and O–H groups in total. The van der Waals surface area contributed by atoms with Crippen LogP contribution in [-0.2, 0) is 4.79 Å². The second kappa shape index (κ2) is 7.21. The Labute approximate surface area is 128 Å². The second-order valence-corrected chi connectivity index (χ2v) is 6.05. The van der Waals surface area contributed by atoms with Crippen LogP contribution in [-0.4, -0.2) is 43.5 Å². The van der Waals surface area contributed by atoms with Gasteiger partial charge in [0.15, 0.2) is 0 Å². The Morgan fingerprint density at radius 1 is 1.47 bits per heavy atom. The molecule has 0 saturated carbocycles. The molecule has 104 valence electrons. The number of halogens is 1. The van der Waals surface area contributed by atoms with Crippen molar-refractivity contribution in [2.45, 2.75) is 18.9 Å². The fourth-order valence-electron chi connectivity index (χ4n) is 2.39. The van der Waals surface area contributed by atoms with E-state index in [2.05, 4.69) is 38.1 Å². The van der Waals surface area contributed by atoms with E-state index in [0.717, 1.165) is 28.8 Å². The summed E-state index contributed by atoms with van der Waals surface area (Å²) in [6.07, 6.45) is 2.35. The fourth-order valence-corrected chi connectivity index (χ4v) is 2.91. The predicted molar refractivity (Wildman–Crippen MR) is 86.3 cm³/mol. The maximum atomic E-state index is 12.1. The highest BCUT2D eigenvalue weighted by Crippen LogP contribution is 2.17. The van der Waals surface area contributed by atoms with E-state index in [1.54, 1.807) is 0 Å². The van der Waals surface area contributed by atoms with Crippen molar-refractivity contribution in [2.75, 3.05) is 32.0 Å². The minimum atomic E-state index is 0.0702. The number of carbonyl (C=O) groups is 1. The van der Waals surface area contributed by atoms with Crippen LogP contribution in [0.2, 0.25) is 0 Å². The highest BCUT2D eigenvalue weighted by Gasteiger charge is 2.20. The first-order valence-electron chi connectivity index (χ1n) is 6.63. The fraction of sp³-hybridized carbons (Fsp3) is 0.500. The molecule has 4 nitrogen and oxygen atoms in total. The lowest BCUT2D eigenvalue weighted by Gasteiger charge is -2.31. The Hall–Kier alpha value is -0.660. The van der Waals surface area contributed by atoms with Gasteiger partial charge in [-0.2, -0.15) is 0 Å². The topological polar surface area (TPSA) is 44.4 Å². The Morgan fingerprint density at radius 3 is 3.00 bits per heavy atom. The van der Waals surface area contributed by atoms with Gasteiger partial charge in [0.25, 0.3) is 0 Å². The average molecular weight is 373 g/mol. The van der Waals surface area contributed by atoms with Crippen molar-refractivity contribution >= 4 is 34.2 Å². The number of likely N-dealkylation sites (N-methyl/N-ethyl adjacent to an activating group) is 1. The summed E-state index contributed by atoms with van der Waals surface area (Å²) in [6, 6.07) is 8.36. The van der Waals surface area contributed by atoms with Crippen molar-refractivity contribution in [1.82, 2.24) is 10.2 Å². The maximum Gasteiger partial charge on any atom is 0.238 e. The number of rotatable bonds is 4. The number of benzene rings is 1. The molecule has 0 radical (unpaired) electrons. The SMILES string of the molecule is CNC1CCCN(CC(=O)Nc2ccccc2I)C1. The van der Waals surface area contributed by atoms with Crippen molar-refractivity contribution < 1.29 is 4.79 Å². The highest BCUT2D eigenvalue weighted by molar-refractivity contribution is 14.1. The third kappa shape index (κ3) is 4.43. The molecule has 1 amide bonds. The zero-order chi connectivity index (χ0) is 13.7. The Balaban J connectivity index is 1.86. The third-order valence-electron chi connectivity index (χ3n) is 3.43. The van der Waals surface area contributed by atoms with Gasteiger partial charge < -0.3 is 10.6 Å². The lowest BCUT2D eigenvalue weighted by Crippen LogP contribution is -2.46. The number of anilines is 1. The number of nitrogens with zero attached hydrogens (tertiary/aromatic N) is 1. The van der Waals surface area contributed by atoms with Gasteiger partial charge >= 0.3 is 0 Å². The minimum absolute atomic E-state index is 0.0702. The molecule has 5 heteroatoms. The summed E-state index contributed by atoms with van der Waals surface area (Å²) in [5, 5.41) is 6.27. The van der Waals surface area contributed by atoms with Gasteiger partial charge in [0.1, 0.15) is 0 Å². The van der Waals surface area contributed by atoms with Crippen LogP contribution in [0.1, 0.15) is 12.8 Å². The van der Waals surface area contributed by atoms with Gasteiger partial charge in [0.05, 0.1) is 12.2 Å². The van der Waals surface area contributed by atoms with Gasteiger partial charge in [-0.05, 0) is 61.2 Å². The first-order chi connectivity index (χ1) is 9.19. The molecule has 1 aliphatic rings. The Bertz CT molecular complexity index is 438. The van der Waals surface area contributed by atoms with E-state index in [9.17, 15) is 4.79 Å². The molecule has 1 heterocycles. The zero-order valence-corrected chi connectivity index (χ0v) is 13.3. The second-order valence-electron chi connectivity index (χ2n) is 4.89. The van der Waals surface area contributed by atoms with Crippen molar-refractivity contribution in [2.24, 2.45) is 0 Å². The largest absolute Gasteiger partial charge is 0.324 e. The Kier molecular flexibility index (Phi) is 5.59. The van der Waals surface area contributed by atoms with Gasteiger partial charge in [0.2, 0.25) is 5.91 Å². The summed E-state index contributed by atoms with van der Waals surface area (Å²) in [7, 11) is 1.99. The van der Waals surface area contributed by atoms with Crippen LogP contribution in [0.4, 0.5) is 5.69 Å². The van der Waals surface area contributed by atoms with E-state index in [-0.39, 0.29) is 5.91 Å². The number of amides is 1. The molecule has 1 atom stereocenters. The lowest BCUT2D eigenvalue weighted by atomic mass is 10.1. The molecule has 2 rings (SSSR count). The summed E-state index contributed by atoms with van der Waals surface area (Å²) >= 11 is 2.24. The molecule has 0 aliphatic carbocycles. The maximum absolute atomic E-state index is 12.1. The van der Waals surface area contributed by atoms with Crippen molar-refractivity contribution in [1.29, 1.82) is 0 Å². The normalized spacial score (nSPS) is 20.2. The molecular formula is C14H20IN3O. The average Bonchev–Trinajstić information content (AvgIpc) is 2.41. The van der Waals surface area contributed by atoms with E-state index in [1.165, 1.54) is 6.42 Å². The molecule has 1 unspecified atom stereocenters. The lowest BCUT2D eigenvalue weighted by molar-refractivity contribution is -0.117. The number of piperidine rings is 1. The van der Waals surface area contributed by atoms with Gasteiger partial charge in [-0.25, -0.2) is 0 Å². The van der Waals surface area contributed by atoms with E-state index < -0.39 is 0 Å². The highest BCUT2D eigenvalue weighted by atomic mass is 127. The molecule has 1 aromatic rings. The number of hydrogen-bond donors (Lipinski definition) is 2. The van der Waals surface area contributed by atoms with Crippen LogP contribution < -0.4 is 10.6 Å². The van der Waals surface area contributed by atoms with Gasteiger partial charge in [-0.15, -0.1) is 0 Å². The van der Waals surface area contributed by atoms with Crippen LogP contribution in [0.5, 0.6) is 0 Å². The Morgan fingerprint density at radius 2 is 2.26 bits per heavy atom. The van der Waals surface area contributed by atoms with Crippen LogP contribution in [0.25, 0.3) is 0 Å². The number of nitrogens with one attached hydrogen (secondary N) is 2. The summed E-state index contributed by atoms with van der Waals surface area (Å²) in [4.78, 5) is 14.3. The molecular weight excluding hydrogens is 353 g/mol. The molecule has 1 aromatic carbocycles. The number of likely N-dealkylation sites (tertiary alicyclic amines) is 1. The summed E-state index contributed by atoms with van der Waals surface area (Å²) < 4.78 is 1.07. The molecule has 1 fully saturated rings. The molecule has 0 spiro atoms. The number of para-hydroxylation sites is 1. The predicted octanol–water partition coefficient (Wildman–Crippen LogP) is 1.91. The quantitative estimate of drug-likeness (QED) is 0.793. The van der Waals surface area contributed by atoms with Crippen LogP contribution >= 0.6 is 22.6 Å². The number of hydrogen-bond acceptors (Lipinski definition) is 3. The van der Waals surface area contributed by atoms with Gasteiger partial charge in [0, 0.05) is 16.2 Å². The van der Waals surface area contributed by atoms with E-state index in [1.807, 2.05) is 31.3 Å². The standard InChI is InChI=1S/C14H20IN3O/c1-16-11-5-4-8-18(9-11)10-14(19)17-13-7-3-2-6-12(13)15/h2-3,6-7,11,16H,4-5,8-10H2,1H3,(H,17,19). The smallest absolute Gasteiger partial charge is 0.238 e. The molecule has 1 aliphatic heterocycles. The third-order valence-corrected chi connectivity index (χ3v) is 4.37. The van der Waals surface area contributed by atoms with Crippen LogP contribution in [0.15, 0.2) is 24.3 Å². The summed E-state index contributed by atoms with van der Waals surface area (Å²) in [5.41, 5.74) is 0.898.